The zero-order valence-electron chi connectivity index (χ0n) is 16.0. The first-order chi connectivity index (χ1) is 14.2. The van der Waals surface area contributed by atoms with Crippen LogP contribution < -0.4 is 10.6 Å². The fraction of sp³-hybridized carbons (Fsp3) is 0.350. The second kappa shape index (κ2) is 8.68. The van der Waals surface area contributed by atoms with Gasteiger partial charge >= 0.3 is 0 Å². The van der Waals surface area contributed by atoms with Crippen LogP contribution in [-0.2, 0) is 13.1 Å². The first-order valence-corrected chi connectivity index (χ1v) is 9.76. The molecule has 150 valence electrons. The van der Waals surface area contributed by atoms with Crippen LogP contribution in [0.5, 0.6) is 0 Å². The molecule has 0 saturated heterocycles. The van der Waals surface area contributed by atoms with Gasteiger partial charge in [-0.2, -0.15) is 0 Å². The Kier molecular flexibility index (Phi) is 5.64. The number of aliphatic imine (C=N–C) groups is 1. The SMILES string of the molecule is O=[N+]([O-])c1ccc(CN=C(NCc2nnc3ccccn23)NC2CCCC2)cc1. The second-order valence-corrected chi connectivity index (χ2v) is 7.11. The third-order valence-electron chi connectivity index (χ3n) is 5.06. The first kappa shape index (κ1) is 18.9. The Bertz CT molecular complexity index is 1010. The molecule has 2 aromatic heterocycles. The smallest absolute Gasteiger partial charge is 0.269 e. The largest absolute Gasteiger partial charge is 0.354 e. The third kappa shape index (κ3) is 4.68. The summed E-state index contributed by atoms with van der Waals surface area (Å²) in [5.74, 6) is 1.51. The maximum atomic E-state index is 10.8. The Morgan fingerprint density at radius 1 is 1.17 bits per heavy atom. The van der Waals surface area contributed by atoms with Gasteiger partial charge in [-0.3, -0.25) is 14.5 Å². The Balaban J connectivity index is 1.46. The minimum Gasteiger partial charge on any atom is -0.354 e. The first-order valence-electron chi connectivity index (χ1n) is 9.76. The highest BCUT2D eigenvalue weighted by Crippen LogP contribution is 2.17. The number of aromatic nitrogens is 3. The molecule has 1 aromatic carbocycles. The van der Waals surface area contributed by atoms with E-state index in [4.69, 9.17) is 0 Å². The van der Waals surface area contributed by atoms with Crippen molar-refractivity contribution >= 4 is 17.3 Å². The van der Waals surface area contributed by atoms with E-state index < -0.39 is 4.92 Å². The number of pyridine rings is 1. The van der Waals surface area contributed by atoms with Gasteiger partial charge in [0, 0.05) is 24.4 Å². The van der Waals surface area contributed by atoms with Crippen molar-refractivity contribution in [2.75, 3.05) is 0 Å². The second-order valence-electron chi connectivity index (χ2n) is 7.11. The molecule has 9 heteroatoms. The van der Waals surface area contributed by atoms with Crippen LogP contribution in [0.2, 0.25) is 0 Å². The lowest BCUT2D eigenvalue weighted by Crippen LogP contribution is -2.42. The van der Waals surface area contributed by atoms with Gasteiger partial charge in [-0.15, -0.1) is 10.2 Å². The van der Waals surface area contributed by atoms with E-state index in [9.17, 15) is 10.1 Å². The fourth-order valence-corrected chi connectivity index (χ4v) is 3.48. The average Bonchev–Trinajstić information content (AvgIpc) is 3.40. The molecule has 0 bridgehead atoms. The number of non-ortho nitro benzene ring substituents is 1. The van der Waals surface area contributed by atoms with Crippen molar-refractivity contribution in [2.45, 2.75) is 44.8 Å². The molecular weight excluding hydrogens is 370 g/mol. The molecule has 2 N–H and O–H groups in total. The van der Waals surface area contributed by atoms with Crippen LogP contribution in [0, 0.1) is 10.1 Å². The minimum atomic E-state index is -0.398. The molecule has 1 saturated carbocycles. The maximum absolute atomic E-state index is 10.8. The predicted molar refractivity (Wildman–Crippen MR) is 109 cm³/mol. The van der Waals surface area contributed by atoms with Gasteiger partial charge in [0.1, 0.15) is 0 Å². The molecule has 2 heterocycles. The van der Waals surface area contributed by atoms with Gasteiger partial charge in [0.25, 0.3) is 5.69 Å². The van der Waals surface area contributed by atoms with Crippen molar-refractivity contribution in [3.8, 4) is 0 Å². The van der Waals surface area contributed by atoms with Gasteiger partial charge in [-0.25, -0.2) is 4.99 Å². The molecule has 0 atom stereocenters. The van der Waals surface area contributed by atoms with Crippen molar-refractivity contribution in [1.82, 2.24) is 25.2 Å². The zero-order chi connectivity index (χ0) is 20.1. The van der Waals surface area contributed by atoms with E-state index in [1.807, 2.05) is 28.8 Å². The molecule has 1 aliphatic carbocycles. The standard InChI is InChI=1S/C20H23N7O2/c28-27(29)17-10-8-15(9-11-17)13-21-20(23-16-5-1-2-6-16)22-14-19-25-24-18-7-3-4-12-26(18)19/h3-4,7-12,16H,1-2,5-6,13-14H2,(H2,21,22,23). The molecule has 9 nitrogen and oxygen atoms in total. The number of rotatable bonds is 6. The number of hydrogen-bond acceptors (Lipinski definition) is 5. The van der Waals surface area contributed by atoms with Gasteiger partial charge < -0.3 is 10.6 Å². The van der Waals surface area contributed by atoms with Crippen molar-refractivity contribution in [1.29, 1.82) is 0 Å². The minimum absolute atomic E-state index is 0.0823. The number of nitro benzene ring substituents is 1. The summed E-state index contributed by atoms with van der Waals surface area (Å²) in [6, 6.07) is 12.7. The summed E-state index contributed by atoms with van der Waals surface area (Å²) in [5.41, 5.74) is 1.80. The van der Waals surface area contributed by atoms with Gasteiger partial charge in [0.15, 0.2) is 17.4 Å². The van der Waals surface area contributed by atoms with Crippen LogP contribution in [0.3, 0.4) is 0 Å². The molecule has 0 aliphatic heterocycles. The number of fused-ring (bicyclic) bond motifs is 1. The number of nitro groups is 1. The molecule has 0 spiro atoms. The van der Waals surface area contributed by atoms with Gasteiger partial charge in [0.05, 0.1) is 18.0 Å². The van der Waals surface area contributed by atoms with E-state index in [1.165, 1.54) is 25.0 Å². The zero-order valence-corrected chi connectivity index (χ0v) is 16.0. The summed E-state index contributed by atoms with van der Waals surface area (Å²) in [6.45, 7) is 0.921. The van der Waals surface area contributed by atoms with Crippen LogP contribution in [-0.4, -0.2) is 31.5 Å². The summed E-state index contributed by atoms with van der Waals surface area (Å²) < 4.78 is 1.94. The topological polar surface area (TPSA) is 110 Å². The number of benzene rings is 1. The van der Waals surface area contributed by atoms with Gasteiger partial charge in [-0.1, -0.05) is 31.0 Å². The lowest BCUT2D eigenvalue weighted by atomic mass is 10.2. The van der Waals surface area contributed by atoms with Crippen molar-refractivity contribution in [3.63, 3.8) is 0 Å². The molecule has 29 heavy (non-hydrogen) atoms. The van der Waals surface area contributed by atoms with Crippen LogP contribution in [0.4, 0.5) is 5.69 Å². The number of guanidine groups is 1. The summed E-state index contributed by atoms with van der Waals surface area (Å²) in [5, 5.41) is 26.1. The number of hydrogen-bond donors (Lipinski definition) is 2. The molecule has 0 amide bonds. The van der Waals surface area contributed by atoms with Crippen molar-refractivity contribution < 1.29 is 4.92 Å². The van der Waals surface area contributed by atoms with E-state index in [1.54, 1.807) is 12.1 Å². The number of nitrogens with zero attached hydrogens (tertiary/aromatic N) is 5. The normalized spacial score (nSPS) is 15.0. The van der Waals surface area contributed by atoms with Gasteiger partial charge in [0.2, 0.25) is 0 Å². The summed E-state index contributed by atoms with van der Waals surface area (Å²) in [6.07, 6.45) is 6.65. The molecule has 0 radical (unpaired) electrons. The van der Waals surface area contributed by atoms with Crippen LogP contribution >= 0.6 is 0 Å². The van der Waals surface area contributed by atoms with Crippen molar-refractivity contribution in [3.05, 3.63) is 70.2 Å². The van der Waals surface area contributed by atoms with Crippen LogP contribution in [0.1, 0.15) is 37.1 Å². The Labute approximate surface area is 168 Å². The highest BCUT2D eigenvalue weighted by molar-refractivity contribution is 5.80. The Morgan fingerprint density at radius 2 is 1.97 bits per heavy atom. The van der Waals surface area contributed by atoms with E-state index in [-0.39, 0.29) is 5.69 Å². The predicted octanol–water partition coefficient (Wildman–Crippen LogP) is 2.82. The summed E-state index contributed by atoms with van der Waals surface area (Å²) >= 11 is 0. The molecule has 0 unspecified atom stereocenters. The summed E-state index contributed by atoms with van der Waals surface area (Å²) in [7, 11) is 0. The monoisotopic (exact) mass is 393 g/mol. The molecule has 3 aromatic rings. The van der Waals surface area contributed by atoms with Gasteiger partial charge in [-0.05, 0) is 30.5 Å². The number of nitrogens with one attached hydrogen (secondary N) is 2. The maximum Gasteiger partial charge on any atom is 0.269 e. The Hall–Kier alpha value is -3.49. The van der Waals surface area contributed by atoms with Crippen LogP contribution in [0.25, 0.3) is 5.65 Å². The molecule has 4 rings (SSSR count). The van der Waals surface area contributed by atoms with Crippen LogP contribution in [0.15, 0.2) is 53.7 Å². The van der Waals surface area contributed by atoms with E-state index >= 15 is 0 Å². The quantitative estimate of drug-likeness (QED) is 0.288. The third-order valence-corrected chi connectivity index (χ3v) is 5.06. The Morgan fingerprint density at radius 3 is 2.72 bits per heavy atom. The lowest BCUT2D eigenvalue weighted by Gasteiger charge is -2.17. The molecule has 1 aliphatic rings. The average molecular weight is 393 g/mol. The van der Waals surface area contributed by atoms with Crippen molar-refractivity contribution in [2.24, 2.45) is 4.99 Å². The molecular formula is C20H23N7O2. The highest BCUT2D eigenvalue weighted by Gasteiger charge is 2.16. The van der Waals surface area contributed by atoms with E-state index in [2.05, 4.69) is 25.8 Å². The van der Waals surface area contributed by atoms with E-state index in [0.717, 1.165) is 29.9 Å². The summed E-state index contributed by atoms with van der Waals surface area (Å²) in [4.78, 5) is 15.1. The fourth-order valence-electron chi connectivity index (χ4n) is 3.48. The lowest BCUT2D eigenvalue weighted by molar-refractivity contribution is -0.384. The van der Waals surface area contributed by atoms with E-state index in [0.29, 0.717) is 25.1 Å². The molecule has 1 fully saturated rings. The highest BCUT2D eigenvalue weighted by atomic mass is 16.6.